The van der Waals surface area contributed by atoms with Crippen LogP contribution in [0.2, 0.25) is 0 Å². The Hall–Kier alpha value is -1.42. The van der Waals surface area contributed by atoms with Crippen molar-refractivity contribution in [3.05, 3.63) is 30.1 Å². The Morgan fingerprint density at radius 3 is 2.87 bits per heavy atom. The first-order valence-corrected chi connectivity index (χ1v) is 5.06. The molecule has 1 amide bonds. The van der Waals surface area contributed by atoms with Crippen molar-refractivity contribution in [3.8, 4) is 0 Å². The zero-order valence-electron chi connectivity index (χ0n) is 8.44. The number of nitrogens with one attached hydrogen (secondary N) is 1. The summed E-state index contributed by atoms with van der Waals surface area (Å²) >= 11 is 0. The van der Waals surface area contributed by atoms with Crippen molar-refractivity contribution >= 4 is 5.91 Å². The molecule has 1 aromatic rings. The van der Waals surface area contributed by atoms with Crippen LogP contribution in [0.15, 0.2) is 24.4 Å². The van der Waals surface area contributed by atoms with Crippen LogP contribution in [0, 0.1) is 0 Å². The van der Waals surface area contributed by atoms with Gasteiger partial charge in [-0.05, 0) is 25.0 Å². The van der Waals surface area contributed by atoms with Gasteiger partial charge in [0.25, 0.3) is 0 Å². The van der Waals surface area contributed by atoms with Crippen LogP contribution in [0.5, 0.6) is 0 Å². The molecular weight excluding hydrogens is 192 g/mol. The second-order valence-electron chi connectivity index (χ2n) is 3.98. The average molecular weight is 206 g/mol. The standard InChI is InChI=1S/C11H14N2O2/c14-8-11(4-5-11)13-10(15)7-9-3-1-2-6-12-9/h1-3,6,14H,4-5,7-8H2,(H,13,15). The average Bonchev–Trinajstić information content (AvgIpc) is 3.00. The van der Waals surface area contributed by atoms with Crippen molar-refractivity contribution in [1.82, 2.24) is 10.3 Å². The second-order valence-corrected chi connectivity index (χ2v) is 3.98. The second kappa shape index (κ2) is 3.98. The highest BCUT2D eigenvalue weighted by Crippen LogP contribution is 2.34. The smallest absolute Gasteiger partial charge is 0.226 e. The van der Waals surface area contributed by atoms with Crippen molar-refractivity contribution in [2.24, 2.45) is 0 Å². The summed E-state index contributed by atoms with van der Waals surface area (Å²) < 4.78 is 0. The molecule has 0 spiro atoms. The molecule has 0 unspecified atom stereocenters. The van der Waals surface area contributed by atoms with Crippen LogP contribution in [0.4, 0.5) is 0 Å². The molecule has 1 aromatic heterocycles. The van der Waals surface area contributed by atoms with E-state index in [0.717, 1.165) is 18.5 Å². The minimum atomic E-state index is -0.328. The fourth-order valence-electron chi connectivity index (χ4n) is 1.48. The van der Waals surface area contributed by atoms with Crippen LogP contribution in [0.25, 0.3) is 0 Å². The summed E-state index contributed by atoms with van der Waals surface area (Å²) in [4.78, 5) is 15.6. The first-order chi connectivity index (χ1) is 7.24. The lowest BCUT2D eigenvalue weighted by Crippen LogP contribution is -2.40. The van der Waals surface area contributed by atoms with Crippen LogP contribution in [-0.2, 0) is 11.2 Å². The summed E-state index contributed by atoms with van der Waals surface area (Å²) in [6.07, 6.45) is 3.69. The van der Waals surface area contributed by atoms with Crippen molar-refractivity contribution in [3.63, 3.8) is 0 Å². The van der Waals surface area contributed by atoms with Gasteiger partial charge in [0, 0.05) is 11.9 Å². The Kier molecular flexibility index (Phi) is 2.68. The van der Waals surface area contributed by atoms with Crippen LogP contribution < -0.4 is 5.32 Å². The van der Waals surface area contributed by atoms with E-state index in [9.17, 15) is 4.79 Å². The van der Waals surface area contributed by atoms with Crippen molar-refractivity contribution in [1.29, 1.82) is 0 Å². The predicted molar refractivity (Wildman–Crippen MR) is 55.1 cm³/mol. The molecule has 4 heteroatoms. The quantitative estimate of drug-likeness (QED) is 0.743. The summed E-state index contributed by atoms with van der Waals surface area (Å²) in [5, 5.41) is 11.9. The Labute approximate surface area is 88.3 Å². The first kappa shape index (κ1) is 10.1. The molecule has 2 N–H and O–H groups in total. The SMILES string of the molecule is O=C(Cc1ccccn1)NC1(CO)CC1. The number of carbonyl (C=O) groups is 1. The highest BCUT2D eigenvalue weighted by Gasteiger charge is 2.43. The van der Waals surface area contributed by atoms with Gasteiger partial charge in [-0.2, -0.15) is 0 Å². The van der Waals surface area contributed by atoms with Gasteiger partial charge in [-0.15, -0.1) is 0 Å². The summed E-state index contributed by atoms with van der Waals surface area (Å²) in [6.45, 7) is 0.0287. The van der Waals surface area contributed by atoms with Gasteiger partial charge >= 0.3 is 0 Å². The molecule has 1 aliphatic rings. The van der Waals surface area contributed by atoms with Crippen LogP contribution in [-0.4, -0.2) is 28.1 Å². The number of aliphatic hydroxyl groups excluding tert-OH is 1. The largest absolute Gasteiger partial charge is 0.394 e. The molecule has 1 fully saturated rings. The third kappa shape index (κ3) is 2.53. The van der Waals surface area contributed by atoms with E-state index in [0.29, 0.717) is 0 Å². The molecule has 0 saturated heterocycles. The van der Waals surface area contributed by atoms with E-state index in [4.69, 9.17) is 5.11 Å². The van der Waals surface area contributed by atoms with Crippen LogP contribution in [0.3, 0.4) is 0 Å². The number of hydrogen-bond donors (Lipinski definition) is 2. The Morgan fingerprint density at radius 2 is 2.33 bits per heavy atom. The van der Waals surface area contributed by atoms with E-state index in [2.05, 4.69) is 10.3 Å². The lowest BCUT2D eigenvalue weighted by molar-refractivity contribution is -0.121. The number of aliphatic hydroxyl groups is 1. The number of amides is 1. The van der Waals surface area contributed by atoms with Gasteiger partial charge < -0.3 is 10.4 Å². The molecule has 1 saturated carbocycles. The number of aromatic nitrogens is 1. The van der Waals surface area contributed by atoms with Gasteiger partial charge in [0.05, 0.1) is 18.6 Å². The van der Waals surface area contributed by atoms with Gasteiger partial charge in [0.1, 0.15) is 0 Å². The van der Waals surface area contributed by atoms with Crippen LogP contribution in [0.1, 0.15) is 18.5 Å². The zero-order chi connectivity index (χ0) is 10.7. The lowest BCUT2D eigenvalue weighted by atomic mass is 10.2. The van der Waals surface area contributed by atoms with Crippen molar-refractivity contribution < 1.29 is 9.90 Å². The monoisotopic (exact) mass is 206 g/mol. The number of pyridine rings is 1. The molecule has 15 heavy (non-hydrogen) atoms. The first-order valence-electron chi connectivity index (χ1n) is 5.06. The third-order valence-electron chi connectivity index (χ3n) is 2.63. The molecule has 0 aliphatic heterocycles. The summed E-state index contributed by atoms with van der Waals surface area (Å²) in [6, 6.07) is 5.49. The van der Waals surface area contributed by atoms with E-state index in [-0.39, 0.29) is 24.5 Å². The highest BCUT2D eigenvalue weighted by molar-refractivity contribution is 5.79. The number of rotatable bonds is 4. The van der Waals surface area contributed by atoms with Crippen molar-refractivity contribution in [2.75, 3.05) is 6.61 Å². The molecule has 4 nitrogen and oxygen atoms in total. The van der Waals surface area contributed by atoms with E-state index < -0.39 is 0 Å². The number of nitrogens with zero attached hydrogens (tertiary/aromatic N) is 1. The minimum Gasteiger partial charge on any atom is -0.394 e. The van der Waals surface area contributed by atoms with E-state index >= 15 is 0 Å². The zero-order valence-corrected chi connectivity index (χ0v) is 8.44. The van der Waals surface area contributed by atoms with E-state index in [1.165, 1.54) is 0 Å². The molecular formula is C11H14N2O2. The van der Waals surface area contributed by atoms with E-state index in [1.54, 1.807) is 6.20 Å². The highest BCUT2D eigenvalue weighted by atomic mass is 16.3. The predicted octanol–water partition coefficient (Wildman–Crippen LogP) is 0.265. The fourth-order valence-corrected chi connectivity index (χ4v) is 1.48. The van der Waals surface area contributed by atoms with Gasteiger partial charge in [0.15, 0.2) is 0 Å². The van der Waals surface area contributed by atoms with Gasteiger partial charge in [-0.25, -0.2) is 0 Å². The topological polar surface area (TPSA) is 62.2 Å². The molecule has 1 heterocycles. The normalized spacial score (nSPS) is 17.1. The molecule has 2 rings (SSSR count). The molecule has 0 aromatic carbocycles. The third-order valence-corrected chi connectivity index (χ3v) is 2.63. The van der Waals surface area contributed by atoms with Gasteiger partial charge in [-0.3, -0.25) is 9.78 Å². The lowest BCUT2D eigenvalue weighted by Gasteiger charge is -2.13. The summed E-state index contributed by atoms with van der Waals surface area (Å²) in [7, 11) is 0. The summed E-state index contributed by atoms with van der Waals surface area (Å²) in [5.41, 5.74) is 0.426. The van der Waals surface area contributed by atoms with E-state index in [1.807, 2.05) is 18.2 Å². The molecule has 0 radical (unpaired) electrons. The fraction of sp³-hybridized carbons (Fsp3) is 0.455. The van der Waals surface area contributed by atoms with Crippen LogP contribution >= 0.6 is 0 Å². The number of carbonyl (C=O) groups excluding carboxylic acids is 1. The maximum Gasteiger partial charge on any atom is 0.226 e. The van der Waals surface area contributed by atoms with Gasteiger partial charge in [0.2, 0.25) is 5.91 Å². The van der Waals surface area contributed by atoms with Gasteiger partial charge in [-0.1, -0.05) is 6.07 Å². The maximum atomic E-state index is 11.6. The summed E-state index contributed by atoms with van der Waals surface area (Å²) in [5.74, 6) is -0.0692. The maximum absolute atomic E-state index is 11.6. The molecule has 0 bridgehead atoms. The Morgan fingerprint density at radius 1 is 1.53 bits per heavy atom. The number of hydrogen-bond acceptors (Lipinski definition) is 3. The Balaban J connectivity index is 1.88. The van der Waals surface area contributed by atoms with Crippen molar-refractivity contribution in [2.45, 2.75) is 24.8 Å². The molecule has 0 atom stereocenters. The Bertz CT molecular complexity index is 347. The molecule has 1 aliphatic carbocycles. The molecule has 80 valence electrons. The minimum absolute atomic E-state index is 0.0287.